The summed E-state index contributed by atoms with van der Waals surface area (Å²) in [6.07, 6.45) is 0. The molecule has 0 saturated heterocycles. The van der Waals surface area contributed by atoms with Crippen LogP contribution in [0.15, 0.2) is 113 Å². The number of nitrogens with zero attached hydrogens (tertiary/aromatic N) is 20. The van der Waals surface area contributed by atoms with E-state index in [0.29, 0.717) is 12.1 Å². The first kappa shape index (κ1) is 148. The standard InChI is InChI=1S/C26H19N5O13S4.16C4H12N/c27-20-12-18-13(9-23(20)47(39,40)41)10-24(48(42,43)44)25(26(18)32)31-30-22-8-7-21(17-6-5-16(11-19(17)22)46(36,37)38)29-28-14-1-3-15(4-2-14)45(33,34)35;16*1-5(2,3)4/h1-12,32H,27H2,(H,33,34,35)(H,36,37,38)(H,39,40,41)(H,42,43,44);16*1-4H3/q;16*+1/p-4. The Morgan fingerprint density at radius 2 is 0.422 bits per heavy atom. The van der Waals surface area contributed by atoms with Crippen LogP contribution in [0.4, 0.5) is 28.4 Å². The second-order valence-electron chi connectivity index (χ2n) is 52.6. The number of quaternary nitrogens is 16. The Morgan fingerprint density at radius 3 is 0.633 bits per heavy atom. The molecule has 0 bridgehead atoms. The lowest BCUT2D eigenvalue weighted by molar-refractivity contribution is -0.849. The van der Waals surface area contributed by atoms with Gasteiger partial charge in [-0.1, -0.05) is 6.07 Å². The summed E-state index contributed by atoms with van der Waals surface area (Å²) in [6.45, 7) is 0. The number of rotatable bonds is 8. The maximum absolute atomic E-state index is 12.1. The highest BCUT2D eigenvalue weighted by Crippen LogP contribution is 2.44. The minimum atomic E-state index is -5.45. The third kappa shape index (κ3) is 185. The summed E-state index contributed by atoms with van der Waals surface area (Å²) in [4.78, 5) is -3.35. The van der Waals surface area contributed by atoms with Crippen molar-refractivity contribution < 1.29 is 129 Å². The van der Waals surface area contributed by atoms with Crippen molar-refractivity contribution in [2.24, 2.45) is 20.5 Å². The number of aromatic hydroxyl groups is 1. The number of azo groups is 2. The first-order chi connectivity index (χ1) is 54.1. The molecule has 5 aromatic rings. The van der Waals surface area contributed by atoms with Crippen LogP contribution in [0, 0.1) is 0 Å². The summed E-state index contributed by atoms with van der Waals surface area (Å²) >= 11 is 0. The van der Waals surface area contributed by atoms with Crippen LogP contribution in [0.25, 0.3) is 21.5 Å². The lowest BCUT2D eigenvalue weighted by Gasteiger charge is -2.16. The topological polar surface area (TPSA) is 324 Å². The van der Waals surface area contributed by atoms with E-state index in [2.05, 4.69) is 472 Å². The number of nitrogen functional groups attached to an aromatic ring is 1. The molecule has 34 nitrogen and oxygen atoms in total. The first-order valence-electron chi connectivity index (χ1n) is 41.2. The van der Waals surface area contributed by atoms with Gasteiger partial charge >= 0.3 is 0 Å². The van der Waals surface area contributed by atoms with Gasteiger partial charge in [-0.3, -0.25) is 0 Å². The van der Waals surface area contributed by atoms with Crippen LogP contribution in [0.3, 0.4) is 0 Å². The van der Waals surface area contributed by atoms with E-state index in [9.17, 15) is 57.0 Å². The molecule has 0 aliphatic carbocycles. The lowest BCUT2D eigenvalue weighted by atomic mass is 10.1. The Bertz CT molecular complexity index is 3920. The SMILES string of the molecule is C[N+](C)(C)C.C[N+](C)(C)C.C[N+](C)(C)C.C[N+](C)(C)C.C[N+](C)(C)C.C[N+](C)(C)C.C[N+](C)(C)C.C[N+](C)(C)C.C[N+](C)(C)C.C[N+](C)(C)C.C[N+](C)(C)C.C[N+](C)(C)C.C[N+](C)(C)C.C[N+](C)(C)C.C[N+](C)(C)C.C[N+](C)(C)C.Nc1cc2c(O)c(N=Nc3ccc(N=Nc4ccc(S(=O)(=O)[O-])cc4)c4ccc(S(=O)(=O)[O-])cc34)c(S(=O)(=O)[O-])cc2cc1S(=O)(=O)[O-]. The van der Waals surface area contributed by atoms with Crippen LogP contribution >= 0.6 is 0 Å². The zero-order chi connectivity index (χ0) is 107. The number of benzene rings is 5. The van der Waals surface area contributed by atoms with Gasteiger partial charge in [-0.25, -0.2) is 33.7 Å². The van der Waals surface area contributed by atoms with Crippen LogP contribution in [-0.4, -0.2) is 580 Å². The third-order valence-corrected chi connectivity index (χ3v) is 10.0. The van der Waals surface area contributed by atoms with Gasteiger partial charge in [0.1, 0.15) is 46.2 Å². The molecule has 0 saturated carbocycles. The quantitative estimate of drug-likeness (QED) is 0.0634. The lowest BCUT2D eigenvalue weighted by Crippen LogP contribution is -2.27. The van der Waals surface area contributed by atoms with Gasteiger partial charge in [0.25, 0.3) is 0 Å². The van der Waals surface area contributed by atoms with Crippen molar-refractivity contribution in [1.29, 1.82) is 0 Å². The average molecular weight is 1920 g/mol. The zero-order valence-electron chi connectivity index (χ0n) is 94.4. The van der Waals surface area contributed by atoms with Gasteiger partial charge in [0.2, 0.25) is 0 Å². The van der Waals surface area contributed by atoms with E-state index in [0.717, 1.165) is 102 Å². The Hall–Kier alpha value is -5.58. The fourth-order valence-corrected chi connectivity index (χ4v) is 6.65. The highest BCUT2D eigenvalue weighted by atomic mass is 32.2. The number of anilines is 1. The second-order valence-corrected chi connectivity index (χ2v) is 58.1. The highest BCUT2D eigenvalue weighted by Gasteiger charge is 2.21. The molecule has 0 aromatic heterocycles. The summed E-state index contributed by atoms with van der Waals surface area (Å²) < 4.78 is 156. The fraction of sp³-hybridized carbons (Fsp3) is 0.711. The van der Waals surface area contributed by atoms with Crippen molar-refractivity contribution in [1.82, 2.24) is 0 Å². The maximum atomic E-state index is 12.1. The molecule has 3 N–H and O–H groups in total. The summed E-state index contributed by atoms with van der Waals surface area (Å²) in [5, 5.41) is 25.8. The Morgan fingerprint density at radius 1 is 0.227 bits per heavy atom. The smallest absolute Gasteiger partial charge is 0.152 e. The number of hydrogen-bond acceptors (Lipinski definition) is 18. The molecule has 0 amide bonds. The molecule has 0 aliphatic rings. The summed E-state index contributed by atoms with van der Waals surface area (Å²) in [5.74, 6) is -0.999. The van der Waals surface area contributed by atoms with Crippen LogP contribution in [0.1, 0.15) is 0 Å². The van der Waals surface area contributed by atoms with E-state index >= 15 is 0 Å². The van der Waals surface area contributed by atoms with Crippen molar-refractivity contribution in [3.8, 4) is 5.75 Å². The summed E-state index contributed by atoms with van der Waals surface area (Å²) in [6, 6.07) is 12.0. The van der Waals surface area contributed by atoms with Crippen molar-refractivity contribution in [3.05, 3.63) is 72.8 Å². The summed E-state index contributed by atoms with van der Waals surface area (Å²) in [5.41, 5.74) is 4.03. The predicted molar refractivity (Wildman–Crippen MR) is 544 cm³/mol. The van der Waals surface area contributed by atoms with Gasteiger partial charge in [0, 0.05) is 21.8 Å². The van der Waals surface area contributed by atoms with E-state index in [1.165, 1.54) is 30.3 Å². The van der Waals surface area contributed by atoms with E-state index < -0.39 is 77.2 Å². The number of phenols is 1. The van der Waals surface area contributed by atoms with E-state index in [4.69, 9.17) is 5.73 Å². The molecule has 0 radical (unpaired) electrons. The van der Waals surface area contributed by atoms with E-state index in [-0.39, 0.29) is 38.6 Å². The van der Waals surface area contributed by atoms with Gasteiger partial charge in [-0.15, -0.1) is 15.3 Å². The van der Waals surface area contributed by atoms with Crippen LogP contribution in [0.2, 0.25) is 0 Å². The minimum Gasteiger partial charge on any atom is -0.744 e. The van der Waals surface area contributed by atoms with Crippen LogP contribution in [-0.2, 0) is 40.5 Å². The number of phenolic OH excluding ortho intramolecular Hbond substituents is 1. The summed E-state index contributed by atoms with van der Waals surface area (Å²) in [7, 11) is 116. The van der Waals surface area contributed by atoms with Crippen LogP contribution in [0.5, 0.6) is 5.75 Å². The van der Waals surface area contributed by atoms with Gasteiger partial charge < -0.3 is 101 Å². The molecular formula is C90H207N21O13S4+12. The van der Waals surface area contributed by atoms with Gasteiger partial charge in [-0.05, 0) is 72.1 Å². The molecule has 0 fully saturated rings. The molecule has 0 heterocycles. The molecule has 0 atom stereocenters. The molecular weight excluding hydrogens is 1710 g/mol. The third-order valence-electron chi connectivity index (χ3n) is 6.61. The molecule has 0 unspecified atom stereocenters. The molecule has 5 aromatic carbocycles. The Balaban J connectivity index is -0.000000136. The van der Waals surface area contributed by atoms with Crippen molar-refractivity contribution >= 4 is 90.5 Å². The average Bonchev–Trinajstić information content (AvgIpc) is 0.766. The first-order valence-corrected chi connectivity index (χ1v) is 46.8. The van der Waals surface area contributed by atoms with Crippen molar-refractivity contribution in [2.45, 2.75) is 19.6 Å². The zero-order valence-corrected chi connectivity index (χ0v) is 97.7. The normalized spacial score (nSPS) is 12.5. The number of hydrogen-bond donors (Lipinski definition) is 2. The van der Waals surface area contributed by atoms with Gasteiger partial charge in [0.15, 0.2) is 5.75 Å². The molecule has 0 spiro atoms. The fourth-order valence-electron chi connectivity index (χ4n) is 4.42. The van der Waals surface area contributed by atoms with Crippen molar-refractivity contribution in [2.75, 3.05) is 457 Å². The van der Waals surface area contributed by atoms with Crippen LogP contribution < -0.4 is 5.73 Å². The van der Waals surface area contributed by atoms with Crippen molar-refractivity contribution in [3.63, 3.8) is 0 Å². The second kappa shape index (κ2) is 59.2. The van der Waals surface area contributed by atoms with E-state index in [1.54, 1.807) is 0 Å². The molecule has 5 rings (SSSR count). The number of fused-ring (bicyclic) bond motifs is 2. The monoisotopic (exact) mass is 1920 g/mol. The molecule has 128 heavy (non-hydrogen) atoms. The number of nitrogens with two attached hydrogens (primary N) is 1. The molecule has 0 aliphatic heterocycles. The molecule has 38 heteroatoms. The Kier molecular flexibility index (Phi) is 68.5. The minimum absolute atomic E-state index is 0.0512. The predicted octanol–water partition coefficient (Wildman–Crippen LogP) is 8.89. The van der Waals surface area contributed by atoms with Gasteiger partial charge in [0.05, 0.1) is 488 Å². The Labute approximate surface area is 789 Å². The maximum Gasteiger partial charge on any atom is 0.152 e. The highest BCUT2D eigenvalue weighted by molar-refractivity contribution is 7.86. The molecule has 762 valence electrons. The van der Waals surface area contributed by atoms with E-state index in [1.807, 2.05) is 0 Å². The largest absolute Gasteiger partial charge is 0.744 e. The van der Waals surface area contributed by atoms with Gasteiger partial charge in [-0.2, -0.15) is 5.11 Å².